The number of halogens is 1. The van der Waals surface area contributed by atoms with Gasteiger partial charge >= 0.3 is 0 Å². The highest BCUT2D eigenvalue weighted by Gasteiger charge is 2.16. The standard InChI is InChI=1S/C11H8BrN3O3S/c1-6-5-13-11(19-6)14-10(16)7-2-3-8(12)9(4-7)15(17)18/h2-5H,1H3,(H,13,14,16). The van der Waals surface area contributed by atoms with E-state index in [1.54, 1.807) is 6.20 Å². The number of hydrogen-bond donors (Lipinski definition) is 1. The molecular weight excluding hydrogens is 334 g/mol. The van der Waals surface area contributed by atoms with Gasteiger partial charge in [0, 0.05) is 22.7 Å². The van der Waals surface area contributed by atoms with Crippen LogP contribution < -0.4 is 5.32 Å². The van der Waals surface area contributed by atoms with Crippen molar-refractivity contribution >= 4 is 44.0 Å². The van der Waals surface area contributed by atoms with Crippen molar-refractivity contribution in [2.75, 3.05) is 5.32 Å². The van der Waals surface area contributed by atoms with E-state index in [9.17, 15) is 14.9 Å². The van der Waals surface area contributed by atoms with Crippen molar-refractivity contribution < 1.29 is 9.72 Å². The molecule has 0 aliphatic carbocycles. The van der Waals surface area contributed by atoms with E-state index in [0.717, 1.165) is 4.88 Å². The van der Waals surface area contributed by atoms with Gasteiger partial charge in [0.1, 0.15) is 0 Å². The molecule has 8 heteroatoms. The number of nitrogens with one attached hydrogen (secondary N) is 1. The van der Waals surface area contributed by atoms with Crippen LogP contribution >= 0.6 is 27.3 Å². The first-order valence-electron chi connectivity index (χ1n) is 5.15. The second kappa shape index (κ2) is 5.45. The Morgan fingerprint density at radius 2 is 2.26 bits per heavy atom. The molecule has 19 heavy (non-hydrogen) atoms. The number of aryl methyl sites for hydroxylation is 1. The van der Waals surface area contributed by atoms with Gasteiger partial charge in [-0.2, -0.15) is 0 Å². The van der Waals surface area contributed by atoms with E-state index < -0.39 is 10.8 Å². The van der Waals surface area contributed by atoms with Crippen molar-refractivity contribution in [3.05, 3.63) is 49.4 Å². The van der Waals surface area contributed by atoms with E-state index in [1.807, 2.05) is 6.92 Å². The summed E-state index contributed by atoms with van der Waals surface area (Å²) in [5, 5.41) is 13.9. The number of nitrogens with zero attached hydrogens (tertiary/aromatic N) is 2. The van der Waals surface area contributed by atoms with Crippen LogP contribution in [0, 0.1) is 17.0 Å². The Hall–Kier alpha value is -1.80. The largest absolute Gasteiger partial charge is 0.298 e. The molecule has 0 saturated carbocycles. The van der Waals surface area contributed by atoms with E-state index >= 15 is 0 Å². The van der Waals surface area contributed by atoms with E-state index in [1.165, 1.54) is 29.5 Å². The molecule has 1 aromatic heterocycles. The maximum atomic E-state index is 11.9. The van der Waals surface area contributed by atoms with Gasteiger partial charge in [0.05, 0.1) is 9.40 Å². The molecule has 0 aliphatic rings. The second-order valence-electron chi connectivity index (χ2n) is 3.65. The minimum absolute atomic E-state index is 0.150. The number of nitro benzene ring substituents is 1. The maximum absolute atomic E-state index is 11.9. The number of carbonyl (C=O) groups excluding carboxylic acids is 1. The summed E-state index contributed by atoms with van der Waals surface area (Å²) in [7, 11) is 0. The lowest BCUT2D eigenvalue weighted by molar-refractivity contribution is -0.385. The van der Waals surface area contributed by atoms with E-state index in [2.05, 4.69) is 26.2 Å². The Bertz CT molecular complexity index is 656. The first-order chi connectivity index (χ1) is 8.97. The van der Waals surface area contributed by atoms with E-state index in [0.29, 0.717) is 9.60 Å². The minimum atomic E-state index is -0.547. The number of nitro groups is 1. The third-order valence-electron chi connectivity index (χ3n) is 2.25. The van der Waals surface area contributed by atoms with Crippen LogP contribution in [0.2, 0.25) is 0 Å². The average Bonchev–Trinajstić information content (AvgIpc) is 2.74. The first-order valence-corrected chi connectivity index (χ1v) is 6.76. The van der Waals surface area contributed by atoms with Crippen molar-refractivity contribution in [2.24, 2.45) is 0 Å². The number of benzene rings is 1. The zero-order valence-corrected chi connectivity index (χ0v) is 12.1. The summed E-state index contributed by atoms with van der Waals surface area (Å²) in [5.74, 6) is -0.426. The van der Waals surface area contributed by atoms with Gasteiger partial charge in [-0.25, -0.2) is 4.98 Å². The number of thiazole rings is 1. The zero-order valence-electron chi connectivity index (χ0n) is 9.71. The molecule has 1 amide bonds. The highest BCUT2D eigenvalue weighted by molar-refractivity contribution is 9.10. The summed E-state index contributed by atoms with van der Waals surface area (Å²) in [4.78, 5) is 27.1. The monoisotopic (exact) mass is 341 g/mol. The Morgan fingerprint density at radius 1 is 1.53 bits per heavy atom. The lowest BCUT2D eigenvalue weighted by Gasteiger charge is -2.02. The van der Waals surface area contributed by atoms with Crippen LogP contribution in [0.3, 0.4) is 0 Å². The summed E-state index contributed by atoms with van der Waals surface area (Å²) < 4.78 is 0.333. The van der Waals surface area contributed by atoms with Crippen molar-refractivity contribution in [1.82, 2.24) is 4.98 Å². The summed E-state index contributed by atoms with van der Waals surface area (Å²) in [6.45, 7) is 1.87. The fourth-order valence-corrected chi connectivity index (χ4v) is 2.43. The average molecular weight is 342 g/mol. The summed E-state index contributed by atoms with van der Waals surface area (Å²) in [5.41, 5.74) is 0.0609. The van der Waals surface area contributed by atoms with Crippen LogP contribution in [0.15, 0.2) is 28.9 Å². The topological polar surface area (TPSA) is 85.1 Å². The summed E-state index contributed by atoms with van der Waals surface area (Å²) in [6.07, 6.45) is 1.64. The van der Waals surface area contributed by atoms with Crippen LogP contribution in [-0.4, -0.2) is 15.8 Å². The lowest BCUT2D eigenvalue weighted by atomic mass is 10.2. The van der Waals surface area contributed by atoms with Crippen LogP contribution in [0.4, 0.5) is 10.8 Å². The number of hydrogen-bond acceptors (Lipinski definition) is 5. The zero-order chi connectivity index (χ0) is 14.0. The molecule has 2 aromatic rings. The Balaban J connectivity index is 2.24. The number of carbonyl (C=O) groups is 1. The molecule has 1 N–H and O–H groups in total. The van der Waals surface area contributed by atoms with Crippen molar-refractivity contribution in [3.8, 4) is 0 Å². The molecule has 2 rings (SSSR count). The highest BCUT2D eigenvalue weighted by atomic mass is 79.9. The van der Waals surface area contributed by atoms with E-state index in [-0.39, 0.29) is 11.3 Å². The Labute approximate surface area is 120 Å². The number of aromatic nitrogens is 1. The quantitative estimate of drug-likeness (QED) is 0.684. The molecule has 6 nitrogen and oxygen atoms in total. The Kier molecular flexibility index (Phi) is 3.91. The fraction of sp³-hybridized carbons (Fsp3) is 0.0909. The SMILES string of the molecule is Cc1cnc(NC(=O)c2ccc(Br)c([N+](=O)[O-])c2)s1. The molecule has 0 saturated heterocycles. The first kappa shape index (κ1) is 13.6. The van der Waals surface area contributed by atoms with Gasteiger partial charge < -0.3 is 0 Å². The predicted molar refractivity (Wildman–Crippen MR) is 75.6 cm³/mol. The molecule has 0 unspecified atom stereocenters. The highest BCUT2D eigenvalue weighted by Crippen LogP contribution is 2.26. The smallest absolute Gasteiger partial charge is 0.284 e. The molecule has 0 aliphatic heterocycles. The fourth-order valence-electron chi connectivity index (χ4n) is 1.38. The summed E-state index contributed by atoms with van der Waals surface area (Å²) in [6, 6.07) is 4.20. The normalized spacial score (nSPS) is 10.2. The van der Waals surface area contributed by atoms with Crippen LogP contribution in [0.25, 0.3) is 0 Å². The Morgan fingerprint density at radius 3 is 2.84 bits per heavy atom. The van der Waals surface area contributed by atoms with Gasteiger partial charge in [-0.1, -0.05) is 0 Å². The van der Waals surface area contributed by atoms with Gasteiger partial charge in [0.25, 0.3) is 11.6 Å². The maximum Gasteiger partial charge on any atom is 0.284 e. The van der Waals surface area contributed by atoms with Crippen LogP contribution in [-0.2, 0) is 0 Å². The van der Waals surface area contributed by atoms with Gasteiger partial charge in [-0.05, 0) is 35.0 Å². The van der Waals surface area contributed by atoms with Gasteiger partial charge in [0.2, 0.25) is 0 Å². The lowest BCUT2D eigenvalue weighted by Crippen LogP contribution is -2.11. The molecule has 1 heterocycles. The molecule has 0 fully saturated rings. The number of rotatable bonds is 3. The number of amides is 1. The minimum Gasteiger partial charge on any atom is -0.298 e. The molecule has 0 bridgehead atoms. The van der Waals surface area contributed by atoms with Gasteiger partial charge in [-0.3, -0.25) is 20.2 Å². The molecular formula is C11H8BrN3O3S. The van der Waals surface area contributed by atoms with Gasteiger partial charge in [0.15, 0.2) is 5.13 Å². The molecule has 0 radical (unpaired) electrons. The summed E-state index contributed by atoms with van der Waals surface area (Å²) >= 11 is 4.40. The number of anilines is 1. The molecule has 0 spiro atoms. The third-order valence-corrected chi connectivity index (χ3v) is 3.75. The van der Waals surface area contributed by atoms with E-state index in [4.69, 9.17) is 0 Å². The molecule has 98 valence electrons. The second-order valence-corrected chi connectivity index (χ2v) is 5.74. The van der Waals surface area contributed by atoms with Gasteiger partial charge in [-0.15, -0.1) is 11.3 Å². The van der Waals surface area contributed by atoms with Crippen LogP contribution in [0.1, 0.15) is 15.2 Å². The molecule has 0 atom stereocenters. The van der Waals surface area contributed by atoms with Crippen molar-refractivity contribution in [2.45, 2.75) is 6.92 Å². The van der Waals surface area contributed by atoms with Crippen LogP contribution in [0.5, 0.6) is 0 Å². The van der Waals surface area contributed by atoms with Crippen molar-refractivity contribution in [1.29, 1.82) is 0 Å². The molecule has 1 aromatic carbocycles. The third kappa shape index (κ3) is 3.15. The van der Waals surface area contributed by atoms with Crippen molar-refractivity contribution in [3.63, 3.8) is 0 Å². The predicted octanol–water partition coefficient (Wildman–Crippen LogP) is 3.37.